The number of carbonyl (C=O) groups excluding carboxylic acids is 1. The molecular weight excluding hydrogens is 328 g/mol. The molecular formula is C11H11F2NO5S2. The van der Waals surface area contributed by atoms with Crippen molar-refractivity contribution in [2.24, 2.45) is 0 Å². The van der Waals surface area contributed by atoms with Crippen molar-refractivity contribution in [1.82, 2.24) is 0 Å². The van der Waals surface area contributed by atoms with Crippen molar-refractivity contribution in [1.29, 1.82) is 0 Å². The number of hydrogen-bond acceptors (Lipinski definition) is 5. The van der Waals surface area contributed by atoms with E-state index < -0.39 is 32.4 Å². The first-order valence-corrected chi connectivity index (χ1v) is 8.15. The molecule has 0 aliphatic heterocycles. The number of nitrogens with one attached hydrogen (secondary N) is 1. The summed E-state index contributed by atoms with van der Waals surface area (Å²) in [5.74, 6) is -5.93. The van der Waals surface area contributed by atoms with Crippen molar-refractivity contribution in [3.05, 3.63) is 24.3 Å². The molecule has 10 heteroatoms. The van der Waals surface area contributed by atoms with Crippen molar-refractivity contribution in [2.75, 3.05) is 16.8 Å². The quantitative estimate of drug-likeness (QED) is 0.780. The van der Waals surface area contributed by atoms with E-state index in [9.17, 15) is 26.8 Å². The first-order valence-electron chi connectivity index (χ1n) is 5.45. The number of thioether (sulfide) groups is 1. The average Bonchev–Trinajstić information content (AvgIpc) is 2.38. The lowest BCUT2D eigenvalue weighted by atomic mass is 10.3. The summed E-state index contributed by atoms with van der Waals surface area (Å²) in [4.78, 5) is 21.1. The van der Waals surface area contributed by atoms with Crippen molar-refractivity contribution in [2.45, 2.75) is 10.7 Å². The van der Waals surface area contributed by atoms with E-state index in [2.05, 4.69) is 5.32 Å². The number of anilines is 1. The van der Waals surface area contributed by atoms with Gasteiger partial charge in [-0.1, -0.05) is 12.1 Å². The molecule has 0 aliphatic rings. The van der Waals surface area contributed by atoms with Crippen molar-refractivity contribution in [3.63, 3.8) is 0 Å². The second-order valence-corrected chi connectivity index (χ2v) is 6.61. The lowest BCUT2D eigenvalue weighted by Gasteiger charge is -2.10. The van der Waals surface area contributed by atoms with Gasteiger partial charge in [0.1, 0.15) is 0 Å². The van der Waals surface area contributed by atoms with Gasteiger partial charge in [0.15, 0.2) is 0 Å². The average molecular weight is 339 g/mol. The maximum Gasteiger partial charge on any atom is 0.341 e. The molecule has 0 atom stereocenters. The summed E-state index contributed by atoms with van der Waals surface area (Å²) in [6.07, 6.45) is 0. The van der Waals surface area contributed by atoms with Crippen LogP contribution in [0.15, 0.2) is 29.2 Å². The third-order valence-electron chi connectivity index (χ3n) is 2.16. The number of carboxylic acid groups (broad SMARTS) is 1. The minimum Gasteiger partial charge on any atom is -0.481 e. The van der Waals surface area contributed by atoms with Gasteiger partial charge in [-0.05, 0) is 12.1 Å². The molecule has 2 N–H and O–H groups in total. The molecule has 0 spiro atoms. The van der Waals surface area contributed by atoms with Gasteiger partial charge in [0, 0.05) is 0 Å². The summed E-state index contributed by atoms with van der Waals surface area (Å²) in [5.41, 5.74) is -0.265. The first-order chi connectivity index (χ1) is 9.75. The summed E-state index contributed by atoms with van der Waals surface area (Å²) in [7, 11) is -4.84. The van der Waals surface area contributed by atoms with Gasteiger partial charge < -0.3 is 10.4 Å². The van der Waals surface area contributed by atoms with Gasteiger partial charge in [0.25, 0.3) is 0 Å². The van der Waals surface area contributed by atoms with E-state index in [1.807, 2.05) is 0 Å². The molecule has 1 aromatic carbocycles. The summed E-state index contributed by atoms with van der Waals surface area (Å²) in [6.45, 7) is 0. The zero-order valence-electron chi connectivity index (χ0n) is 10.5. The van der Waals surface area contributed by atoms with Crippen LogP contribution in [0.1, 0.15) is 0 Å². The predicted molar refractivity (Wildman–Crippen MR) is 73.2 cm³/mol. The molecule has 6 nitrogen and oxygen atoms in total. The van der Waals surface area contributed by atoms with Crippen LogP contribution in [0, 0.1) is 0 Å². The third kappa shape index (κ3) is 4.97. The van der Waals surface area contributed by atoms with Gasteiger partial charge in [-0.3, -0.25) is 9.59 Å². The fourth-order valence-electron chi connectivity index (χ4n) is 1.33. The second kappa shape index (κ2) is 7.36. The second-order valence-electron chi connectivity index (χ2n) is 3.74. The normalized spacial score (nSPS) is 11.4. The Bertz CT molecular complexity index is 633. The predicted octanol–water partition coefficient (Wildman–Crippen LogP) is 1.44. The lowest BCUT2D eigenvalue weighted by molar-refractivity contribution is -0.133. The van der Waals surface area contributed by atoms with Crippen LogP contribution >= 0.6 is 11.8 Å². The number of para-hydroxylation sites is 1. The topological polar surface area (TPSA) is 101 Å². The van der Waals surface area contributed by atoms with E-state index in [4.69, 9.17) is 5.11 Å². The summed E-state index contributed by atoms with van der Waals surface area (Å²) in [5, 5.41) is 10.6. The van der Waals surface area contributed by atoms with E-state index >= 15 is 0 Å². The Hall–Kier alpha value is -1.68. The smallest absolute Gasteiger partial charge is 0.341 e. The first kappa shape index (κ1) is 17.4. The van der Waals surface area contributed by atoms with E-state index in [0.717, 1.165) is 17.8 Å². The zero-order chi connectivity index (χ0) is 16.0. The minimum absolute atomic E-state index is 0.241. The van der Waals surface area contributed by atoms with E-state index in [1.54, 1.807) is 0 Å². The standard InChI is InChI=1S/C11H11F2NO5S2/c12-11(13)21(18,19)8-4-2-1-3-7(8)14-9(15)5-20-6-10(16)17/h1-4,11H,5-6H2,(H,14,15)(H,16,17). The van der Waals surface area contributed by atoms with Crippen molar-refractivity contribution < 1.29 is 31.9 Å². The van der Waals surface area contributed by atoms with Crippen LogP contribution in [0.25, 0.3) is 0 Å². The van der Waals surface area contributed by atoms with Crippen LogP contribution in [0.5, 0.6) is 0 Å². The summed E-state index contributed by atoms with van der Waals surface area (Å²) < 4.78 is 48.0. The Balaban J connectivity index is 2.86. The monoisotopic (exact) mass is 339 g/mol. The van der Waals surface area contributed by atoms with Crippen LogP contribution in [0.2, 0.25) is 0 Å². The Morgan fingerprint density at radius 2 is 1.86 bits per heavy atom. The fourth-order valence-corrected chi connectivity index (χ4v) is 2.75. The highest BCUT2D eigenvalue weighted by Gasteiger charge is 2.29. The number of aliphatic carboxylic acids is 1. The molecule has 1 rings (SSSR count). The Morgan fingerprint density at radius 1 is 1.24 bits per heavy atom. The Kier molecular flexibility index (Phi) is 6.09. The van der Waals surface area contributed by atoms with Gasteiger partial charge in [-0.2, -0.15) is 8.78 Å². The van der Waals surface area contributed by atoms with Gasteiger partial charge in [0.05, 0.1) is 22.1 Å². The van der Waals surface area contributed by atoms with Crippen molar-refractivity contribution >= 4 is 39.2 Å². The molecule has 0 fully saturated rings. The summed E-state index contributed by atoms with van der Waals surface area (Å²) >= 11 is 0.799. The molecule has 0 unspecified atom stereocenters. The lowest BCUT2D eigenvalue weighted by Crippen LogP contribution is -2.19. The number of sulfone groups is 1. The molecule has 116 valence electrons. The molecule has 0 radical (unpaired) electrons. The molecule has 1 aromatic rings. The number of amides is 1. The number of alkyl halides is 2. The molecule has 0 saturated carbocycles. The zero-order valence-corrected chi connectivity index (χ0v) is 12.1. The molecule has 0 aromatic heterocycles. The number of benzene rings is 1. The van der Waals surface area contributed by atoms with Crippen LogP contribution in [-0.4, -0.2) is 42.7 Å². The van der Waals surface area contributed by atoms with Crippen molar-refractivity contribution in [3.8, 4) is 0 Å². The third-order valence-corrected chi connectivity index (χ3v) is 4.52. The molecule has 21 heavy (non-hydrogen) atoms. The van der Waals surface area contributed by atoms with Crippen LogP contribution in [0.3, 0.4) is 0 Å². The number of rotatable bonds is 7. The number of hydrogen-bond donors (Lipinski definition) is 2. The number of carboxylic acids is 1. The highest BCUT2D eigenvalue weighted by Crippen LogP contribution is 2.26. The van der Waals surface area contributed by atoms with Crippen LogP contribution in [-0.2, 0) is 19.4 Å². The molecule has 0 aliphatic carbocycles. The van der Waals surface area contributed by atoms with Gasteiger partial charge >= 0.3 is 11.7 Å². The van der Waals surface area contributed by atoms with E-state index in [0.29, 0.717) is 0 Å². The molecule has 1 amide bonds. The Labute approximate surface area is 123 Å². The molecule has 0 bridgehead atoms. The Morgan fingerprint density at radius 3 is 2.43 bits per heavy atom. The van der Waals surface area contributed by atoms with E-state index in [1.165, 1.54) is 18.2 Å². The van der Waals surface area contributed by atoms with Crippen LogP contribution < -0.4 is 5.32 Å². The van der Waals surface area contributed by atoms with Gasteiger partial charge in [-0.25, -0.2) is 8.42 Å². The largest absolute Gasteiger partial charge is 0.481 e. The van der Waals surface area contributed by atoms with E-state index in [-0.39, 0.29) is 17.2 Å². The van der Waals surface area contributed by atoms with Gasteiger partial charge in [-0.15, -0.1) is 11.8 Å². The molecule has 0 heterocycles. The van der Waals surface area contributed by atoms with Gasteiger partial charge in [0.2, 0.25) is 15.7 Å². The SMILES string of the molecule is O=C(O)CSCC(=O)Nc1ccccc1S(=O)(=O)C(F)F. The highest BCUT2D eigenvalue weighted by molar-refractivity contribution is 8.00. The summed E-state index contributed by atoms with van der Waals surface area (Å²) in [6, 6.07) is 4.77. The number of halogens is 2. The fraction of sp³-hybridized carbons (Fsp3) is 0.273. The maximum atomic E-state index is 12.5. The van der Waals surface area contributed by atoms with Crippen LogP contribution in [0.4, 0.5) is 14.5 Å². The highest BCUT2D eigenvalue weighted by atomic mass is 32.2. The number of carbonyl (C=O) groups is 2. The maximum absolute atomic E-state index is 12.5. The molecule has 0 saturated heterocycles. The minimum atomic E-state index is -4.84.